The molecule has 0 unspecified atom stereocenters. The maximum Gasteiger partial charge on any atom is 0.262 e. The minimum Gasteiger partial charge on any atom is -0.493 e. The van der Waals surface area contributed by atoms with Crippen LogP contribution in [-0.4, -0.2) is 12.5 Å². The number of benzene rings is 2. The van der Waals surface area contributed by atoms with Gasteiger partial charge in [0.05, 0.1) is 16.2 Å². The lowest BCUT2D eigenvalue weighted by Crippen LogP contribution is -2.27. The highest BCUT2D eigenvalue weighted by Crippen LogP contribution is 2.23. The Morgan fingerprint density at radius 2 is 2.04 bits per heavy atom. The number of carbonyl (C=O) groups excluding carboxylic acids is 1. The molecule has 0 radical (unpaired) electrons. The highest BCUT2D eigenvalue weighted by molar-refractivity contribution is 14.1. The van der Waals surface area contributed by atoms with E-state index in [0.717, 1.165) is 20.4 Å². The summed E-state index contributed by atoms with van der Waals surface area (Å²) in [6, 6.07) is 17.0. The van der Waals surface area contributed by atoms with Crippen molar-refractivity contribution in [2.45, 2.75) is 19.9 Å². The Morgan fingerprint density at radius 1 is 1.32 bits per heavy atom. The van der Waals surface area contributed by atoms with Crippen LogP contribution in [0.5, 0.6) is 5.75 Å². The van der Waals surface area contributed by atoms with Crippen molar-refractivity contribution >= 4 is 34.6 Å². The van der Waals surface area contributed by atoms with Crippen LogP contribution >= 0.6 is 22.6 Å². The van der Waals surface area contributed by atoms with Crippen molar-refractivity contribution in [1.29, 1.82) is 5.26 Å². The number of ether oxygens (including phenoxy) is 1. The number of hydrogen-bond donors (Lipinski definition) is 1. The van der Waals surface area contributed by atoms with Gasteiger partial charge < -0.3 is 10.1 Å². The van der Waals surface area contributed by atoms with Gasteiger partial charge in [0.15, 0.2) is 0 Å². The summed E-state index contributed by atoms with van der Waals surface area (Å²) in [4.78, 5) is 12.4. The number of nitriles is 1. The van der Waals surface area contributed by atoms with Crippen LogP contribution in [0.2, 0.25) is 0 Å². The standard InChI is InChI=1S/C20H19IN2O2/c1-3-25-19-10-9-15(12-18(19)21)11-17(13-22)20(24)23-14(2)16-7-5-4-6-8-16/h4-12,14H,3H2,1-2H3,(H,23,24)/b17-11-/t14-/m1/s1. The van der Waals surface area contributed by atoms with Crippen LogP contribution in [0.15, 0.2) is 54.1 Å². The molecule has 0 aliphatic rings. The van der Waals surface area contributed by atoms with Crippen LogP contribution in [-0.2, 0) is 4.79 Å². The second kappa shape index (κ2) is 9.23. The van der Waals surface area contributed by atoms with Gasteiger partial charge in [0.2, 0.25) is 0 Å². The van der Waals surface area contributed by atoms with Gasteiger partial charge in [-0.2, -0.15) is 5.26 Å². The summed E-state index contributed by atoms with van der Waals surface area (Å²) in [5.74, 6) is 0.406. The topological polar surface area (TPSA) is 62.1 Å². The molecule has 0 fully saturated rings. The molecule has 25 heavy (non-hydrogen) atoms. The highest BCUT2D eigenvalue weighted by atomic mass is 127. The van der Waals surface area contributed by atoms with Crippen molar-refractivity contribution in [3.63, 3.8) is 0 Å². The van der Waals surface area contributed by atoms with Gasteiger partial charge in [-0.25, -0.2) is 0 Å². The zero-order valence-electron chi connectivity index (χ0n) is 14.1. The van der Waals surface area contributed by atoms with Crippen molar-refractivity contribution < 1.29 is 9.53 Å². The van der Waals surface area contributed by atoms with Crippen molar-refractivity contribution in [3.05, 3.63) is 68.8 Å². The lowest BCUT2D eigenvalue weighted by molar-refractivity contribution is -0.117. The SMILES string of the molecule is CCOc1ccc(/C=C(/C#N)C(=O)N[C@H](C)c2ccccc2)cc1I. The molecule has 1 N–H and O–H groups in total. The van der Waals surface area contributed by atoms with Crippen LogP contribution in [0, 0.1) is 14.9 Å². The molecule has 2 rings (SSSR count). The van der Waals surface area contributed by atoms with Gasteiger partial charge in [-0.15, -0.1) is 0 Å². The third kappa shape index (κ3) is 5.33. The summed E-state index contributed by atoms with van der Waals surface area (Å²) in [6.07, 6.45) is 1.59. The molecule has 1 amide bonds. The van der Waals surface area contributed by atoms with E-state index in [1.807, 2.05) is 68.4 Å². The first kappa shape index (κ1) is 19.0. The normalized spacial score (nSPS) is 12.2. The fourth-order valence-corrected chi connectivity index (χ4v) is 2.99. The van der Waals surface area contributed by atoms with Gasteiger partial charge in [-0.05, 0) is 65.8 Å². The Balaban J connectivity index is 2.15. The summed E-state index contributed by atoms with van der Waals surface area (Å²) in [5, 5.41) is 12.2. The average Bonchev–Trinajstić information content (AvgIpc) is 2.62. The minimum absolute atomic E-state index is 0.0720. The second-order valence-electron chi connectivity index (χ2n) is 5.40. The molecule has 0 spiro atoms. The molecule has 0 heterocycles. The molecule has 0 aliphatic heterocycles. The van der Waals surface area contributed by atoms with Gasteiger partial charge in [0, 0.05) is 0 Å². The summed E-state index contributed by atoms with van der Waals surface area (Å²) in [5.41, 5.74) is 1.85. The van der Waals surface area contributed by atoms with Crippen LogP contribution in [0.3, 0.4) is 0 Å². The number of amides is 1. The lowest BCUT2D eigenvalue weighted by atomic mass is 10.1. The third-order valence-electron chi connectivity index (χ3n) is 3.58. The number of hydrogen-bond acceptors (Lipinski definition) is 3. The van der Waals surface area contributed by atoms with E-state index in [4.69, 9.17) is 4.74 Å². The number of carbonyl (C=O) groups is 1. The van der Waals surface area contributed by atoms with Crippen LogP contribution in [0.25, 0.3) is 6.08 Å². The van der Waals surface area contributed by atoms with E-state index >= 15 is 0 Å². The Morgan fingerprint density at radius 3 is 2.64 bits per heavy atom. The largest absolute Gasteiger partial charge is 0.493 e. The number of halogens is 1. The Bertz CT molecular complexity index is 810. The molecular formula is C20H19IN2O2. The second-order valence-corrected chi connectivity index (χ2v) is 6.56. The highest BCUT2D eigenvalue weighted by Gasteiger charge is 2.14. The Labute approximate surface area is 161 Å². The maximum atomic E-state index is 12.4. The predicted molar refractivity (Wildman–Crippen MR) is 107 cm³/mol. The van der Waals surface area contributed by atoms with Crippen molar-refractivity contribution in [2.24, 2.45) is 0 Å². The first-order valence-electron chi connectivity index (χ1n) is 7.95. The molecule has 1 atom stereocenters. The molecule has 0 saturated heterocycles. The summed E-state index contributed by atoms with van der Waals surface area (Å²) in [6.45, 7) is 4.41. The van der Waals surface area contributed by atoms with Gasteiger partial charge in [0.1, 0.15) is 17.4 Å². The quantitative estimate of drug-likeness (QED) is 0.405. The summed E-state index contributed by atoms with van der Waals surface area (Å²) >= 11 is 2.18. The van der Waals surface area contributed by atoms with E-state index in [-0.39, 0.29) is 17.5 Å². The molecular weight excluding hydrogens is 427 g/mol. The molecule has 128 valence electrons. The summed E-state index contributed by atoms with van der Waals surface area (Å²) < 4.78 is 6.43. The predicted octanol–water partition coefficient (Wildman–Crippen LogP) is 4.47. The van der Waals surface area contributed by atoms with Gasteiger partial charge in [-0.3, -0.25) is 4.79 Å². The van der Waals surface area contributed by atoms with E-state index in [0.29, 0.717) is 6.61 Å². The molecule has 0 bridgehead atoms. The van der Waals surface area contributed by atoms with Crippen LogP contribution in [0.1, 0.15) is 31.0 Å². The lowest BCUT2D eigenvalue weighted by Gasteiger charge is -2.13. The molecule has 2 aromatic carbocycles. The van der Waals surface area contributed by atoms with E-state index < -0.39 is 0 Å². The van der Waals surface area contributed by atoms with Crippen molar-refractivity contribution in [1.82, 2.24) is 5.32 Å². The Kier molecular flexibility index (Phi) is 7.02. The molecule has 0 saturated carbocycles. The zero-order valence-corrected chi connectivity index (χ0v) is 16.3. The molecule has 5 heteroatoms. The number of rotatable bonds is 6. The van der Waals surface area contributed by atoms with E-state index in [1.165, 1.54) is 0 Å². The van der Waals surface area contributed by atoms with Crippen molar-refractivity contribution in [2.75, 3.05) is 6.61 Å². The number of nitrogens with zero attached hydrogens (tertiary/aromatic N) is 1. The van der Waals surface area contributed by atoms with Gasteiger partial charge >= 0.3 is 0 Å². The summed E-state index contributed by atoms with van der Waals surface area (Å²) in [7, 11) is 0. The monoisotopic (exact) mass is 446 g/mol. The zero-order chi connectivity index (χ0) is 18.2. The molecule has 0 aliphatic carbocycles. The van der Waals surface area contributed by atoms with Crippen LogP contribution < -0.4 is 10.1 Å². The van der Waals surface area contributed by atoms with E-state index in [9.17, 15) is 10.1 Å². The first-order valence-corrected chi connectivity index (χ1v) is 9.03. The van der Waals surface area contributed by atoms with E-state index in [2.05, 4.69) is 27.9 Å². The van der Waals surface area contributed by atoms with Gasteiger partial charge in [-0.1, -0.05) is 36.4 Å². The van der Waals surface area contributed by atoms with Crippen LogP contribution in [0.4, 0.5) is 0 Å². The molecule has 4 nitrogen and oxygen atoms in total. The fourth-order valence-electron chi connectivity index (χ4n) is 2.29. The molecule has 2 aromatic rings. The smallest absolute Gasteiger partial charge is 0.262 e. The minimum atomic E-state index is -0.386. The third-order valence-corrected chi connectivity index (χ3v) is 4.42. The molecule has 0 aromatic heterocycles. The first-order chi connectivity index (χ1) is 12.0. The van der Waals surface area contributed by atoms with Gasteiger partial charge in [0.25, 0.3) is 5.91 Å². The number of nitrogens with one attached hydrogen (secondary N) is 1. The Hall–Kier alpha value is -2.33. The van der Waals surface area contributed by atoms with E-state index in [1.54, 1.807) is 6.08 Å². The average molecular weight is 446 g/mol. The fraction of sp³-hybridized carbons (Fsp3) is 0.200. The maximum absolute atomic E-state index is 12.4. The van der Waals surface area contributed by atoms with Crippen molar-refractivity contribution in [3.8, 4) is 11.8 Å².